The second kappa shape index (κ2) is 5.98. The molecule has 2 atom stereocenters. The van der Waals surface area contributed by atoms with Crippen molar-refractivity contribution in [2.24, 2.45) is 11.1 Å². The van der Waals surface area contributed by atoms with Gasteiger partial charge in [-0.2, -0.15) is 0 Å². The Morgan fingerprint density at radius 2 is 1.89 bits per heavy atom. The van der Waals surface area contributed by atoms with Crippen molar-refractivity contribution in [1.82, 2.24) is 5.32 Å². The van der Waals surface area contributed by atoms with Gasteiger partial charge in [0.15, 0.2) is 0 Å². The summed E-state index contributed by atoms with van der Waals surface area (Å²) in [6, 6.07) is 8.35. The van der Waals surface area contributed by atoms with Crippen LogP contribution in [0.4, 0.5) is 0 Å². The van der Waals surface area contributed by atoms with Crippen LogP contribution in [0.15, 0.2) is 30.3 Å². The molecule has 0 heterocycles. The summed E-state index contributed by atoms with van der Waals surface area (Å²) in [5.74, 6) is -0.245. The highest BCUT2D eigenvalue weighted by Gasteiger charge is 2.28. The van der Waals surface area contributed by atoms with Crippen LogP contribution in [0.25, 0.3) is 0 Å². The van der Waals surface area contributed by atoms with Gasteiger partial charge in [0.25, 0.3) is 0 Å². The molecule has 0 aliphatic heterocycles. The number of aliphatic hydroxyl groups excluding tert-OH is 1. The number of benzene rings is 1. The fraction of sp³-hybridized carbons (Fsp3) is 0.500. The molecule has 1 rings (SSSR count). The summed E-state index contributed by atoms with van der Waals surface area (Å²) in [5.41, 5.74) is 6.45. The highest BCUT2D eigenvalue weighted by Crippen LogP contribution is 2.19. The molecular weight excluding hydrogens is 228 g/mol. The molecule has 0 fully saturated rings. The predicted octanol–water partition coefficient (Wildman–Crippen LogP) is 1.21. The average molecular weight is 250 g/mol. The number of nitrogens with one attached hydrogen (secondary N) is 1. The minimum absolute atomic E-state index is 0.146. The lowest BCUT2D eigenvalue weighted by Crippen LogP contribution is -2.49. The largest absolute Gasteiger partial charge is 0.394 e. The number of hydrogen-bond donors (Lipinski definition) is 3. The van der Waals surface area contributed by atoms with Crippen molar-refractivity contribution in [2.75, 3.05) is 6.61 Å². The van der Waals surface area contributed by atoms with E-state index in [9.17, 15) is 9.90 Å². The molecule has 1 amide bonds. The number of aliphatic hydroxyl groups is 1. The van der Waals surface area contributed by atoms with E-state index in [-0.39, 0.29) is 17.9 Å². The molecule has 100 valence electrons. The van der Waals surface area contributed by atoms with Gasteiger partial charge in [-0.15, -0.1) is 0 Å². The Bertz CT molecular complexity index is 385. The summed E-state index contributed by atoms with van der Waals surface area (Å²) in [6.07, 6.45) is 0. The van der Waals surface area contributed by atoms with Gasteiger partial charge in [-0.3, -0.25) is 4.79 Å². The Labute approximate surface area is 108 Å². The lowest BCUT2D eigenvalue weighted by Gasteiger charge is -2.28. The summed E-state index contributed by atoms with van der Waals surface area (Å²) in [5, 5.41) is 12.1. The zero-order valence-electron chi connectivity index (χ0n) is 11.2. The van der Waals surface area contributed by atoms with Gasteiger partial charge in [-0.25, -0.2) is 0 Å². The Morgan fingerprint density at radius 1 is 1.33 bits per heavy atom. The second-order valence-corrected chi connectivity index (χ2v) is 5.50. The maximum Gasteiger partial charge on any atom is 0.238 e. The van der Waals surface area contributed by atoms with Crippen molar-refractivity contribution in [3.05, 3.63) is 35.9 Å². The molecule has 0 saturated heterocycles. The Balaban J connectivity index is 2.73. The summed E-state index contributed by atoms with van der Waals surface area (Å²) in [4.78, 5) is 12.0. The van der Waals surface area contributed by atoms with Crippen molar-refractivity contribution in [3.8, 4) is 0 Å². The molecule has 0 unspecified atom stereocenters. The molecule has 0 bridgehead atoms. The van der Waals surface area contributed by atoms with E-state index in [4.69, 9.17) is 5.73 Å². The third kappa shape index (κ3) is 3.82. The average Bonchev–Trinajstić information content (AvgIpc) is 2.34. The van der Waals surface area contributed by atoms with E-state index >= 15 is 0 Å². The summed E-state index contributed by atoms with van der Waals surface area (Å²) in [7, 11) is 0. The lowest BCUT2D eigenvalue weighted by molar-refractivity contribution is -0.125. The van der Waals surface area contributed by atoms with Gasteiger partial charge in [-0.05, 0) is 11.0 Å². The third-order valence-electron chi connectivity index (χ3n) is 2.92. The number of hydrogen-bond acceptors (Lipinski definition) is 3. The van der Waals surface area contributed by atoms with Gasteiger partial charge in [0.1, 0.15) is 0 Å². The standard InChI is InChI=1S/C14H22N2O2/c1-14(2,3)12(15)13(18)16-11(9-17)10-7-5-4-6-8-10/h4-8,11-12,17H,9,15H2,1-3H3,(H,16,18)/t11-,12+/m0/s1. The highest BCUT2D eigenvalue weighted by molar-refractivity contribution is 5.82. The Hall–Kier alpha value is -1.39. The van der Waals surface area contributed by atoms with Gasteiger partial charge in [0.2, 0.25) is 5.91 Å². The van der Waals surface area contributed by atoms with E-state index in [1.54, 1.807) is 0 Å². The van der Waals surface area contributed by atoms with E-state index < -0.39 is 12.1 Å². The summed E-state index contributed by atoms with van der Waals surface area (Å²) >= 11 is 0. The second-order valence-electron chi connectivity index (χ2n) is 5.50. The molecule has 4 nitrogen and oxygen atoms in total. The fourth-order valence-electron chi connectivity index (χ4n) is 1.57. The van der Waals surface area contributed by atoms with Crippen molar-refractivity contribution in [3.63, 3.8) is 0 Å². The smallest absolute Gasteiger partial charge is 0.238 e. The van der Waals surface area contributed by atoms with Gasteiger partial charge >= 0.3 is 0 Å². The predicted molar refractivity (Wildman–Crippen MR) is 71.8 cm³/mol. The Morgan fingerprint density at radius 3 is 2.33 bits per heavy atom. The van der Waals surface area contributed by atoms with Crippen LogP contribution in [0.3, 0.4) is 0 Å². The first-order valence-corrected chi connectivity index (χ1v) is 6.08. The molecular formula is C14H22N2O2. The molecule has 4 heteroatoms. The van der Waals surface area contributed by atoms with Gasteiger partial charge in [0, 0.05) is 0 Å². The first kappa shape index (κ1) is 14.7. The van der Waals surface area contributed by atoms with Crippen molar-refractivity contribution in [1.29, 1.82) is 0 Å². The third-order valence-corrected chi connectivity index (χ3v) is 2.92. The highest BCUT2D eigenvalue weighted by atomic mass is 16.3. The van der Waals surface area contributed by atoms with Crippen LogP contribution in [0, 0.1) is 5.41 Å². The molecule has 0 aliphatic carbocycles. The van der Waals surface area contributed by atoms with Crippen molar-refractivity contribution in [2.45, 2.75) is 32.9 Å². The van der Waals surface area contributed by atoms with E-state index in [0.717, 1.165) is 5.56 Å². The Kier molecular flexibility index (Phi) is 4.87. The fourth-order valence-corrected chi connectivity index (χ4v) is 1.57. The van der Waals surface area contributed by atoms with Crippen LogP contribution in [-0.4, -0.2) is 23.7 Å². The van der Waals surface area contributed by atoms with E-state index in [1.165, 1.54) is 0 Å². The monoisotopic (exact) mass is 250 g/mol. The van der Waals surface area contributed by atoms with E-state index in [2.05, 4.69) is 5.32 Å². The number of carbonyl (C=O) groups is 1. The van der Waals surface area contributed by atoms with Crippen LogP contribution >= 0.6 is 0 Å². The van der Waals surface area contributed by atoms with Gasteiger partial charge in [0.05, 0.1) is 18.7 Å². The topological polar surface area (TPSA) is 75.4 Å². The number of amides is 1. The number of carbonyl (C=O) groups excluding carboxylic acids is 1. The first-order chi connectivity index (χ1) is 8.36. The van der Waals surface area contributed by atoms with E-state index in [0.29, 0.717) is 0 Å². The molecule has 0 saturated carbocycles. The van der Waals surface area contributed by atoms with Crippen molar-refractivity contribution < 1.29 is 9.90 Å². The van der Waals surface area contributed by atoms with Crippen LogP contribution in [0.2, 0.25) is 0 Å². The molecule has 4 N–H and O–H groups in total. The molecule has 0 spiro atoms. The lowest BCUT2D eigenvalue weighted by atomic mass is 9.86. The van der Waals surface area contributed by atoms with Crippen LogP contribution in [0.5, 0.6) is 0 Å². The molecule has 0 aliphatic rings. The molecule has 1 aromatic rings. The SMILES string of the molecule is CC(C)(C)[C@H](N)C(=O)N[C@@H](CO)c1ccccc1. The zero-order chi connectivity index (χ0) is 13.8. The van der Waals surface area contributed by atoms with Crippen molar-refractivity contribution >= 4 is 5.91 Å². The molecule has 0 aromatic heterocycles. The summed E-state index contributed by atoms with van der Waals surface area (Å²) in [6.45, 7) is 5.59. The molecule has 1 aromatic carbocycles. The quantitative estimate of drug-likeness (QED) is 0.752. The van der Waals surface area contributed by atoms with Crippen LogP contribution in [-0.2, 0) is 4.79 Å². The number of nitrogens with two attached hydrogens (primary N) is 1. The normalized spacial score (nSPS) is 14.9. The number of rotatable bonds is 4. The van der Waals surface area contributed by atoms with Crippen LogP contribution in [0.1, 0.15) is 32.4 Å². The van der Waals surface area contributed by atoms with E-state index in [1.807, 2.05) is 51.1 Å². The van der Waals surface area contributed by atoms with Gasteiger partial charge < -0.3 is 16.2 Å². The minimum Gasteiger partial charge on any atom is -0.394 e. The van der Waals surface area contributed by atoms with Gasteiger partial charge in [-0.1, -0.05) is 51.1 Å². The maximum absolute atomic E-state index is 12.0. The molecule has 18 heavy (non-hydrogen) atoms. The first-order valence-electron chi connectivity index (χ1n) is 6.08. The maximum atomic E-state index is 12.0. The minimum atomic E-state index is -0.602. The zero-order valence-corrected chi connectivity index (χ0v) is 11.2. The summed E-state index contributed by atoms with van der Waals surface area (Å²) < 4.78 is 0. The molecule has 0 radical (unpaired) electrons. The van der Waals surface area contributed by atoms with Crippen LogP contribution < -0.4 is 11.1 Å².